The van der Waals surface area contributed by atoms with Crippen LogP contribution in [0.3, 0.4) is 0 Å². The van der Waals surface area contributed by atoms with Crippen molar-refractivity contribution < 1.29 is 24.2 Å². The normalized spacial score (nSPS) is 23.1. The highest BCUT2D eigenvalue weighted by atomic mass is 16.5. The number of fused-ring (bicyclic) bond motifs is 4. The molecule has 2 N–H and O–H groups in total. The van der Waals surface area contributed by atoms with Gasteiger partial charge in [0, 0.05) is 25.6 Å². The number of amides is 2. The number of carbonyl (C=O) groups excluding carboxylic acids is 2. The van der Waals surface area contributed by atoms with Gasteiger partial charge in [-0.3, -0.25) is 9.59 Å². The quantitative estimate of drug-likeness (QED) is 0.654. The summed E-state index contributed by atoms with van der Waals surface area (Å²) in [5, 5.41) is 12.2. The van der Waals surface area contributed by atoms with E-state index in [1.807, 2.05) is 43.3 Å². The number of hydrogen-bond acceptors (Lipinski definition) is 5. The Labute approximate surface area is 198 Å². The van der Waals surface area contributed by atoms with E-state index in [9.17, 15) is 19.5 Å². The molecule has 0 aromatic heterocycles. The molecule has 1 aliphatic heterocycles. The number of carbonyl (C=O) groups is 3. The molecular weight excluding hydrogens is 434 g/mol. The minimum absolute atomic E-state index is 0.00316. The van der Waals surface area contributed by atoms with E-state index in [2.05, 4.69) is 29.6 Å². The van der Waals surface area contributed by atoms with Crippen molar-refractivity contribution in [1.82, 2.24) is 15.1 Å². The lowest BCUT2D eigenvalue weighted by Crippen LogP contribution is -2.53. The molecule has 8 heteroatoms. The Kier molecular flexibility index (Phi) is 5.56. The van der Waals surface area contributed by atoms with Crippen molar-refractivity contribution in [3.8, 4) is 11.1 Å². The van der Waals surface area contributed by atoms with Crippen LogP contribution in [0.25, 0.3) is 11.1 Å². The van der Waals surface area contributed by atoms with Gasteiger partial charge in [0.15, 0.2) is 0 Å². The number of benzene rings is 2. The number of carboxylic acid groups (broad SMARTS) is 1. The number of nitrogens with one attached hydrogen (secondary N) is 1. The van der Waals surface area contributed by atoms with E-state index in [4.69, 9.17) is 4.74 Å². The Morgan fingerprint density at radius 3 is 2.29 bits per heavy atom. The van der Waals surface area contributed by atoms with E-state index < -0.39 is 23.5 Å². The minimum atomic E-state index is -0.846. The molecule has 3 atom stereocenters. The first-order valence-electron chi connectivity index (χ1n) is 11.6. The number of likely N-dealkylation sites (N-methyl/N-ethyl adjacent to an activating group) is 1. The Hall–Kier alpha value is -3.39. The van der Waals surface area contributed by atoms with Crippen LogP contribution in [0.1, 0.15) is 23.5 Å². The number of ether oxygens (including phenoxy) is 1. The minimum Gasteiger partial charge on any atom is -0.481 e. The first-order valence-corrected chi connectivity index (χ1v) is 11.6. The predicted octanol–water partition coefficient (Wildman–Crippen LogP) is 2.39. The predicted molar refractivity (Wildman–Crippen MR) is 125 cm³/mol. The van der Waals surface area contributed by atoms with Gasteiger partial charge in [-0.15, -0.1) is 0 Å². The smallest absolute Gasteiger partial charge is 0.407 e. The van der Waals surface area contributed by atoms with Gasteiger partial charge in [-0.2, -0.15) is 0 Å². The monoisotopic (exact) mass is 463 g/mol. The van der Waals surface area contributed by atoms with Crippen LogP contribution < -0.4 is 5.32 Å². The maximum atomic E-state index is 13.2. The van der Waals surface area contributed by atoms with E-state index in [1.54, 1.807) is 4.90 Å². The van der Waals surface area contributed by atoms with Crippen LogP contribution in [-0.2, 0) is 14.3 Å². The van der Waals surface area contributed by atoms with E-state index >= 15 is 0 Å². The number of nitrogens with zero attached hydrogens (tertiary/aromatic N) is 2. The molecule has 2 fully saturated rings. The Morgan fingerprint density at radius 2 is 1.74 bits per heavy atom. The van der Waals surface area contributed by atoms with Crippen LogP contribution in [0.2, 0.25) is 0 Å². The Morgan fingerprint density at radius 1 is 1.12 bits per heavy atom. The first-order chi connectivity index (χ1) is 16.3. The van der Waals surface area contributed by atoms with Crippen molar-refractivity contribution in [2.45, 2.75) is 18.4 Å². The molecule has 2 aromatic rings. The average molecular weight is 464 g/mol. The second kappa shape index (κ2) is 8.43. The largest absolute Gasteiger partial charge is 0.481 e. The zero-order valence-corrected chi connectivity index (χ0v) is 19.4. The summed E-state index contributed by atoms with van der Waals surface area (Å²) in [5.41, 5.74) is 3.73. The highest BCUT2D eigenvalue weighted by Crippen LogP contribution is 2.58. The number of rotatable bonds is 7. The highest BCUT2D eigenvalue weighted by molar-refractivity contribution is 5.88. The van der Waals surface area contributed by atoms with Crippen LogP contribution >= 0.6 is 0 Å². The maximum absolute atomic E-state index is 13.2. The van der Waals surface area contributed by atoms with Crippen molar-refractivity contribution in [3.05, 3.63) is 59.7 Å². The molecule has 2 aliphatic carbocycles. The molecule has 8 nitrogen and oxygen atoms in total. The second-order valence-corrected chi connectivity index (χ2v) is 9.87. The summed E-state index contributed by atoms with van der Waals surface area (Å²) in [4.78, 5) is 40.9. The van der Waals surface area contributed by atoms with Gasteiger partial charge in [-0.25, -0.2) is 4.79 Å². The average Bonchev–Trinajstić information content (AvgIpc) is 3.24. The Balaban J connectivity index is 1.24. The number of likely N-dealkylation sites (tertiary alicyclic amines) is 1. The lowest BCUT2D eigenvalue weighted by molar-refractivity contribution is -0.144. The summed E-state index contributed by atoms with van der Waals surface area (Å²) in [5.74, 6) is -1.18. The van der Waals surface area contributed by atoms with Gasteiger partial charge in [0.2, 0.25) is 5.91 Å². The van der Waals surface area contributed by atoms with E-state index in [1.165, 1.54) is 0 Å². The van der Waals surface area contributed by atoms with Gasteiger partial charge in [0.1, 0.15) is 12.6 Å². The zero-order valence-electron chi connectivity index (χ0n) is 19.4. The topological polar surface area (TPSA) is 99.2 Å². The van der Waals surface area contributed by atoms with Crippen molar-refractivity contribution in [2.24, 2.45) is 11.3 Å². The summed E-state index contributed by atoms with van der Waals surface area (Å²) < 4.78 is 5.62. The molecule has 5 rings (SSSR count). The summed E-state index contributed by atoms with van der Waals surface area (Å²) in [6.45, 7) is 1.07. The second-order valence-electron chi connectivity index (χ2n) is 9.87. The fourth-order valence-electron chi connectivity index (χ4n) is 5.54. The third-order valence-corrected chi connectivity index (χ3v) is 7.36. The SMILES string of the molecule is CN(C)CC(NC(=O)OCC1c2ccccc2-c2ccccc21)C(=O)N1CC2CC2(C(=O)O)C1. The Bertz CT molecular complexity index is 1100. The number of carboxylic acids is 1. The molecule has 1 saturated carbocycles. The van der Waals surface area contributed by atoms with Crippen molar-refractivity contribution >= 4 is 18.0 Å². The van der Waals surface area contributed by atoms with Gasteiger partial charge in [0.05, 0.1) is 5.41 Å². The molecule has 2 amide bonds. The molecule has 1 saturated heterocycles. The fraction of sp³-hybridized carbons (Fsp3) is 0.423. The molecule has 2 aromatic carbocycles. The summed E-state index contributed by atoms with van der Waals surface area (Å²) in [6, 6.07) is 15.4. The summed E-state index contributed by atoms with van der Waals surface area (Å²) in [6.07, 6.45) is -0.0380. The van der Waals surface area contributed by atoms with Crippen molar-refractivity contribution in [2.75, 3.05) is 40.3 Å². The molecular formula is C26H29N3O5. The van der Waals surface area contributed by atoms with Crippen LogP contribution in [-0.4, -0.2) is 79.3 Å². The zero-order chi connectivity index (χ0) is 24.0. The summed E-state index contributed by atoms with van der Waals surface area (Å²) >= 11 is 0. The van der Waals surface area contributed by atoms with Crippen molar-refractivity contribution in [1.29, 1.82) is 0 Å². The number of piperidine rings is 1. The van der Waals surface area contributed by atoms with E-state index in [-0.39, 0.29) is 30.9 Å². The van der Waals surface area contributed by atoms with Crippen LogP contribution in [0.15, 0.2) is 48.5 Å². The van der Waals surface area contributed by atoms with E-state index in [0.717, 1.165) is 22.3 Å². The highest BCUT2D eigenvalue weighted by Gasteiger charge is 2.66. The van der Waals surface area contributed by atoms with Crippen LogP contribution in [0.5, 0.6) is 0 Å². The molecule has 0 spiro atoms. The fourth-order valence-corrected chi connectivity index (χ4v) is 5.54. The first kappa shape index (κ1) is 22.4. The molecule has 0 radical (unpaired) electrons. The van der Waals surface area contributed by atoms with Gasteiger partial charge >= 0.3 is 12.1 Å². The molecule has 1 heterocycles. The third-order valence-electron chi connectivity index (χ3n) is 7.36. The molecule has 0 bridgehead atoms. The maximum Gasteiger partial charge on any atom is 0.407 e. The number of hydrogen-bond donors (Lipinski definition) is 2. The lowest BCUT2D eigenvalue weighted by Gasteiger charge is -2.27. The molecule has 34 heavy (non-hydrogen) atoms. The van der Waals surface area contributed by atoms with Gasteiger partial charge < -0.3 is 25.0 Å². The van der Waals surface area contributed by atoms with Gasteiger partial charge in [-0.1, -0.05) is 48.5 Å². The van der Waals surface area contributed by atoms with Crippen LogP contribution in [0.4, 0.5) is 4.79 Å². The molecule has 178 valence electrons. The molecule has 3 unspecified atom stereocenters. The summed E-state index contributed by atoms with van der Waals surface area (Å²) in [7, 11) is 3.64. The molecule has 3 aliphatic rings. The number of aliphatic carboxylic acids is 1. The van der Waals surface area contributed by atoms with Gasteiger partial charge in [0.25, 0.3) is 0 Å². The van der Waals surface area contributed by atoms with Crippen molar-refractivity contribution in [3.63, 3.8) is 0 Å². The van der Waals surface area contributed by atoms with Crippen LogP contribution in [0, 0.1) is 11.3 Å². The van der Waals surface area contributed by atoms with Gasteiger partial charge in [-0.05, 0) is 48.7 Å². The van der Waals surface area contributed by atoms with E-state index in [0.29, 0.717) is 19.5 Å². The lowest BCUT2D eigenvalue weighted by atomic mass is 9.98. The standard InChI is InChI=1S/C26H29N3O5/c1-28(2)13-22(23(30)29-12-16-11-26(16,15-29)24(31)32)27-25(33)34-14-21-19-9-5-3-7-17(19)18-8-4-6-10-20(18)21/h3-10,16,21-22H,11-15H2,1-2H3,(H,27,33)(H,31,32). The third kappa shape index (κ3) is 3.81. The number of alkyl carbamates (subject to hydrolysis) is 1.